The summed E-state index contributed by atoms with van der Waals surface area (Å²) in [5.41, 5.74) is 4.14. The Balaban J connectivity index is 0.881. The Morgan fingerprint density at radius 1 is 0.927 bits per heavy atom. The Morgan fingerprint density at radius 3 is 2.35 bits per heavy atom. The molecule has 2 aromatic heterocycles. The van der Waals surface area contributed by atoms with E-state index in [9.17, 15) is 23.6 Å². The molecule has 1 aliphatic carbocycles. The number of hydrogen-bond acceptors (Lipinski definition) is 11. The van der Waals surface area contributed by atoms with Crippen LogP contribution in [-0.4, -0.2) is 99.5 Å². The molecule has 2 atom stereocenters. The van der Waals surface area contributed by atoms with Gasteiger partial charge >= 0.3 is 0 Å². The smallest absolute Gasteiger partial charge is 0.243 e. The van der Waals surface area contributed by atoms with E-state index in [1.54, 1.807) is 17.0 Å². The number of likely N-dealkylation sites (tertiary alicyclic amines) is 1. The number of aliphatic hydroxyl groups is 1. The van der Waals surface area contributed by atoms with E-state index >= 15 is 0 Å². The zero-order valence-corrected chi connectivity index (χ0v) is 32.0. The fourth-order valence-corrected chi connectivity index (χ4v) is 9.47. The number of carbonyl (C=O) groups is 1. The van der Waals surface area contributed by atoms with Crippen molar-refractivity contribution in [1.29, 1.82) is 5.26 Å². The molecular weight excluding hydrogens is 717 g/mol. The first kappa shape index (κ1) is 36.9. The first-order valence-corrected chi connectivity index (χ1v) is 20.6. The van der Waals surface area contributed by atoms with Crippen LogP contribution in [0.25, 0.3) is 10.9 Å². The Kier molecular flexibility index (Phi) is 10.2. The van der Waals surface area contributed by atoms with Gasteiger partial charge in [0.25, 0.3) is 0 Å². The third-order valence-electron chi connectivity index (χ3n) is 11.5. The van der Waals surface area contributed by atoms with Gasteiger partial charge in [-0.1, -0.05) is 17.9 Å². The van der Waals surface area contributed by atoms with Crippen LogP contribution in [0.5, 0.6) is 0 Å². The lowest BCUT2D eigenvalue weighted by Gasteiger charge is -2.34. The molecule has 2 unspecified atom stereocenters. The summed E-state index contributed by atoms with van der Waals surface area (Å²) in [5.74, 6) is 8.46. The average Bonchev–Trinajstić information content (AvgIpc) is 4.00. The van der Waals surface area contributed by atoms with Crippen molar-refractivity contribution in [1.82, 2.24) is 34.3 Å². The van der Waals surface area contributed by atoms with E-state index in [0.29, 0.717) is 73.6 Å². The second-order valence-electron chi connectivity index (χ2n) is 15.1. The number of piperidine rings is 2. The highest BCUT2D eigenvalue weighted by Gasteiger charge is 2.32. The number of rotatable bonds is 8. The third kappa shape index (κ3) is 7.75. The Labute approximate surface area is 321 Å². The number of sulfonamides is 1. The number of nitrogens with zero attached hydrogens (tertiary/aromatic N) is 8. The van der Waals surface area contributed by atoms with Crippen molar-refractivity contribution in [2.75, 3.05) is 42.9 Å². The lowest BCUT2D eigenvalue weighted by atomic mass is 9.88. The van der Waals surface area contributed by atoms with Crippen molar-refractivity contribution in [3.63, 3.8) is 0 Å². The van der Waals surface area contributed by atoms with Crippen LogP contribution in [0.15, 0.2) is 53.7 Å². The standard InChI is InChI=1S/C40H46N10O4S/c1-26(48-16-11-28(12-17-48)30-8-10-35-36(22-30)47(2)46-38(35)50-20-15-37(51)45-40(50)52)3-4-29-21-34(9-7-31(29)23-41)55(53,54)49-18-13-33(14-19-49)44-39-42-24-32(25-43-39)27-5-6-27/h7-10,21-22,24-28,33,40,52H,5-6,11-20H2,1-2H3,(H,45,51)(H,42,43,44). The number of fused-ring (bicyclic) bond motifs is 1. The van der Waals surface area contributed by atoms with E-state index < -0.39 is 16.4 Å². The van der Waals surface area contributed by atoms with E-state index in [0.717, 1.165) is 36.8 Å². The molecule has 15 heteroatoms. The van der Waals surface area contributed by atoms with Crippen molar-refractivity contribution in [2.45, 2.75) is 87.0 Å². The van der Waals surface area contributed by atoms with E-state index in [4.69, 9.17) is 0 Å². The number of nitriles is 1. The van der Waals surface area contributed by atoms with Gasteiger partial charge in [0.1, 0.15) is 6.07 Å². The Hall–Kier alpha value is -5.06. The maximum Gasteiger partial charge on any atom is 0.243 e. The minimum absolute atomic E-state index is 0.0816. The Morgan fingerprint density at radius 2 is 1.65 bits per heavy atom. The van der Waals surface area contributed by atoms with Crippen LogP contribution in [0.3, 0.4) is 0 Å². The SMILES string of the molecule is CC(C#Cc1cc(S(=O)(=O)N2CCC(Nc3ncc(C4CC4)cn3)CC2)ccc1C#N)N1CCC(c2ccc3c(N4CCC(=O)NC4O)nn(C)c3c2)CC1. The summed E-state index contributed by atoms with van der Waals surface area (Å²) >= 11 is 0. The molecule has 3 saturated heterocycles. The zero-order valence-electron chi connectivity index (χ0n) is 31.1. The number of benzene rings is 2. The van der Waals surface area contributed by atoms with Gasteiger partial charge in [0, 0.05) is 62.5 Å². The topological polar surface area (TPSA) is 173 Å². The van der Waals surface area contributed by atoms with Crippen molar-refractivity contribution < 1.29 is 18.3 Å². The fourth-order valence-electron chi connectivity index (χ4n) is 7.97. The molecular formula is C40H46N10O4S. The highest BCUT2D eigenvalue weighted by Crippen LogP contribution is 2.39. The third-order valence-corrected chi connectivity index (χ3v) is 13.4. The largest absolute Gasteiger partial charge is 0.356 e. The Bertz CT molecular complexity index is 2290. The van der Waals surface area contributed by atoms with Crippen LogP contribution in [0, 0.1) is 23.2 Å². The molecule has 1 saturated carbocycles. The van der Waals surface area contributed by atoms with E-state index in [2.05, 4.69) is 66.7 Å². The molecule has 0 bridgehead atoms. The lowest BCUT2D eigenvalue weighted by Crippen LogP contribution is -2.54. The number of anilines is 2. The number of nitrogens with one attached hydrogen (secondary N) is 2. The molecule has 3 aliphatic heterocycles. The molecule has 2 aromatic carbocycles. The van der Waals surface area contributed by atoms with Gasteiger partial charge in [-0.2, -0.15) is 14.7 Å². The number of amides is 1. The summed E-state index contributed by atoms with van der Waals surface area (Å²) in [7, 11) is -1.89. The van der Waals surface area contributed by atoms with E-state index in [1.807, 2.05) is 31.0 Å². The van der Waals surface area contributed by atoms with Gasteiger partial charge in [-0.3, -0.25) is 14.4 Å². The molecule has 0 radical (unpaired) electrons. The summed E-state index contributed by atoms with van der Waals surface area (Å²) in [6, 6.07) is 13.1. The number of carbonyl (C=O) groups excluding carboxylic acids is 1. The van der Waals surface area contributed by atoms with Crippen LogP contribution >= 0.6 is 0 Å². The van der Waals surface area contributed by atoms with Crippen LogP contribution in [0.2, 0.25) is 0 Å². The molecule has 4 fully saturated rings. The summed E-state index contributed by atoms with van der Waals surface area (Å²) in [4.78, 5) is 24.8. The second kappa shape index (κ2) is 15.2. The van der Waals surface area contributed by atoms with Crippen molar-refractivity contribution >= 4 is 38.6 Å². The van der Waals surface area contributed by atoms with E-state index in [-0.39, 0.29) is 22.9 Å². The zero-order chi connectivity index (χ0) is 38.3. The highest BCUT2D eigenvalue weighted by molar-refractivity contribution is 7.89. The summed E-state index contributed by atoms with van der Waals surface area (Å²) < 4.78 is 30.8. The van der Waals surface area contributed by atoms with Crippen LogP contribution in [0.4, 0.5) is 11.8 Å². The van der Waals surface area contributed by atoms with Crippen LogP contribution in [0.1, 0.15) is 86.0 Å². The molecule has 55 heavy (non-hydrogen) atoms. The number of aliphatic hydroxyl groups excluding tert-OH is 1. The van der Waals surface area contributed by atoms with Crippen molar-refractivity contribution in [3.8, 4) is 17.9 Å². The predicted molar refractivity (Wildman–Crippen MR) is 207 cm³/mol. The van der Waals surface area contributed by atoms with Gasteiger partial charge in [0.15, 0.2) is 5.82 Å². The molecule has 286 valence electrons. The molecule has 8 rings (SSSR count). The molecule has 0 spiro atoms. The van der Waals surface area contributed by atoms with Gasteiger partial charge in [0.2, 0.25) is 28.2 Å². The van der Waals surface area contributed by atoms with Crippen molar-refractivity contribution in [2.24, 2.45) is 7.05 Å². The summed E-state index contributed by atoms with van der Waals surface area (Å²) in [6.07, 6.45) is 8.52. The molecule has 5 heterocycles. The number of aromatic nitrogens is 4. The number of aryl methyl sites for hydroxylation is 1. The predicted octanol–water partition coefficient (Wildman–Crippen LogP) is 3.60. The van der Waals surface area contributed by atoms with Crippen molar-refractivity contribution in [3.05, 3.63) is 71.0 Å². The van der Waals surface area contributed by atoms with Gasteiger partial charge in [-0.05, 0) is 112 Å². The van der Waals surface area contributed by atoms with Gasteiger partial charge in [-0.15, -0.1) is 0 Å². The summed E-state index contributed by atoms with van der Waals surface area (Å²) in [6.45, 7) is 4.87. The van der Waals surface area contributed by atoms with Gasteiger partial charge in [0.05, 0.1) is 22.0 Å². The normalized spacial score (nSPS) is 21.1. The molecule has 4 aliphatic rings. The fraction of sp³-hybridized carbons (Fsp3) is 0.475. The average molecular weight is 763 g/mol. The molecule has 4 aromatic rings. The first-order chi connectivity index (χ1) is 26.6. The minimum atomic E-state index is -3.78. The van der Waals surface area contributed by atoms with Crippen LogP contribution in [-0.2, 0) is 21.9 Å². The highest BCUT2D eigenvalue weighted by atomic mass is 32.2. The quantitative estimate of drug-likeness (QED) is 0.224. The maximum absolute atomic E-state index is 13.7. The van der Waals surface area contributed by atoms with Gasteiger partial charge < -0.3 is 20.6 Å². The monoisotopic (exact) mass is 762 g/mol. The minimum Gasteiger partial charge on any atom is -0.356 e. The first-order valence-electron chi connectivity index (χ1n) is 19.2. The lowest BCUT2D eigenvalue weighted by molar-refractivity contribution is -0.125. The van der Waals surface area contributed by atoms with Gasteiger partial charge in [-0.25, -0.2) is 18.4 Å². The van der Waals surface area contributed by atoms with E-state index in [1.165, 1.54) is 34.3 Å². The maximum atomic E-state index is 13.7. The number of hydrogen-bond donors (Lipinski definition) is 3. The molecule has 3 N–H and O–H groups in total. The second-order valence-corrected chi connectivity index (χ2v) is 17.1. The molecule has 1 amide bonds. The van der Waals surface area contributed by atoms with Crippen LogP contribution < -0.4 is 15.5 Å². The summed E-state index contributed by atoms with van der Waals surface area (Å²) in [5, 5.41) is 31.8. The molecule has 14 nitrogen and oxygen atoms in total.